The third kappa shape index (κ3) is 5.14. The second-order valence-corrected chi connectivity index (χ2v) is 10.9. The van der Waals surface area contributed by atoms with Gasteiger partial charge in [0.05, 0.1) is 17.9 Å². The summed E-state index contributed by atoms with van der Waals surface area (Å²) in [5, 5.41) is 0.411. The van der Waals surface area contributed by atoms with Crippen LogP contribution in [0, 0.1) is 17.5 Å². The van der Waals surface area contributed by atoms with Crippen LogP contribution in [0.15, 0.2) is 42.5 Å². The molecule has 0 radical (unpaired) electrons. The lowest BCUT2D eigenvalue weighted by atomic mass is 10.1. The number of halogens is 3. The molecule has 8 heteroatoms. The zero-order chi connectivity index (χ0) is 22.1. The maximum atomic E-state index is 14.3. The van der Waals surface area contributed by atoms with Crippen LogP contribution in [0.1, 0.15) is 43.8 Å². The van der Waals surface area contributed by atoms with Gasteiger partial charge in [-0.15, -0.1) is 11.3 Å². The summed E-state index contributed by atoms with van der Waals surface area (Å²) in [6.07, 6.45) is -0.705. The first-order valence-corrected chi connectivity index (χ1v) is 12.1. The van der Waals surface area contributed by atoms with E-state index in [1.54, 1.807) is 45.9 Å². The Balaban J connectivity index is 2.13. The highest BCUT2D eigenvalue weighted by Crippen LogP contribution is 2.64. The third-order valence-corrected chi connectivity index (χ3v) is 8.41. The van der Waals surface area contributed by atoms with Crippen molar-refractivity contribution in [3.8, 4) is 0 Å². The van der Waals surface area contributed by atoms with Crippen molar-refractivity contribution in [1.82, 2.24) is 0 Å². The van der Waals surface area contributed by atoms with Crippen LogP contribution >= 0.6 is 18.9 Å². The molecule has 30 heavy (non-hydrogen) atoms. The van der Waals surface area contributed by atoms with Crippen molar-refractivity contribution in [1.29, 1.82) is 0 Å². The number of benzene rings is 2. The molecule has 1 atom stereocenters. The van der Waals surface area contributed by atoms with Gasteiger partial charge in [-0.25, -0.2) is 13.2 Å². The fourth-order valence-electron chi connectivity index (χ4n) is 3.23. The lowest BCUT2D eigenvalue weighted by Gasteiger charge is -2.29. The second kappa shape index (κ2) is 9.23. The predicted octanol–water partition coefficient (Wildman–Crippen LogP) is 7.65. The Morgan fingerprint density at radius 3 is 2.13 bits per heavy atom. The third-order valence-electron chi connectivity index (χ3n) is 4.37. The van der Waals surface area contributed by atoms with Gasteiger partial charge in [-0.05, 0) is 70.0 Å². The Morgan fingerprint density at radius 1 is 0.900 bits per heavy atom. The van der Waals surface area contributed by atoms with Crippen LogP contribution < -0.4 is 0 Å². The monoisotopic (exact) mass is 456 g/mol. The van der Waals surface area contributed by atoms with Crippen LogP contribution in [0.3, 0.4) is 0 Å². The molecule has 0 bridgehead atoms. The average Bonchev–Trinajstić information content (AvgIpc) is 3.06. The van der Waals surface area contributed by atoms with Gasteiger partial charge in [-0.2, -0.15) is 0 Å². The van der Waals surface area contributed by atoms with Crippen LogP contribution in [0.4, 0.5) is 13.2 Å². The first-order chi connectivity index (χ1) is 14.1. The minimum Gasteiger partial charge on any atom is -0.305 e. The van der Waals surface area contributed by atoms with Gasteiger partial charge in [0.25, 0.3) is 0 Å². The highest BCUT2D eigenvalue weighted by atomic mass is 32.1. The Labute approximate surface area is 178 Å². The van der Waals surface area contributed by atoms with Gasteiger partial charge in [-0.3, -0.25) is 4.57 Å². The van der Waals surface area contributed by atoms with Crippen LogP contribution in [0.2, 0.25) is 0 Å². The SMILES string of the molecule is CC(C)OP(=O)(OC(C)C)C(Cc1ccc(F)c(F)c1)c1cc2c(F)cccc2s1. The summed E-state index contributed by atoms with van der Waals surface area (Å²) in [5.74, 6) is -2.33. The van der Waals surface area contributed by atoms with Gasteiger partial charge in [0.2, 0.25) is 0 Å². The summed E-state index contributed by atoms with van der Waals surface area (Å²) in [4.78, 5) is 0.601. The van der Waals surface area contributed by atoms with Crippen molar-refractivity contribution in [2.45, 2.75) is 52.0 Å². The summed E-state index contributed by atoms with van der Waals surface area (Å²) in [5.41, 5.74) is -0.360. The molecule has 0 aliphatic rings. The molecule has 1 heterocycles. The molecule has 3 aromatic rings. The maximum absolute atomic E-state index is 14.3. The highest BCUT2D eigenvalue weighted by Gasteiger charge is 2.40. The molecule has 3 rings (SSSR count). The molecule has 0 spiro atoms. The van der Waals surface area contributed by atoms with E-state index in [9.17, 15) is 17.7 Å². The maximum Gasteiger partial charge on any atom is 0.339 e. The Hall–Kier alpha value is -1.66. The molecule has 2 aromatic carbocycles. The minimum atomic E-state index is -3.75. The summed E-state index contributed by atoms with van der Waals surface area (Å²) in [6, 6.07) is 9.93. The molecule has 0 aliphatic heterocycles. The van der Waals surface area contributed by atoms with Gasteiger partial charge in [0, 0.05) is 15.0 Å². The van der Waals surface area contributed by atoms with Crippen molar-refractivity contribution in [3.05, 3.63) is 70.4 Å². The van der Waals surface area contributed by atoms with E-state index in [4.69, 9.17) is 9.05 Å². The quantitative estimate of drug-likeness (QED) is 0.327. The number of rotatable bonds is 8. The lowest BCUT2D eigenvalue weighted by Crippen LogP contribution is -2.15. The van der Waals surface area contributed by atoms with Crippen molar-refractivity contribution in [2.75, 3.05) is 0 Å². The molecule has 0 N–H and O–H groups in total. The number of thiophene rings is 1. The predicted molar refractivity (Wildman–Crippen MR) is 115 cm³/mol. The van der Waals surface area contributed by atoms with Gasteiger partial charge >= 0.3 is 7.60 Å². The highest BCUT2D eigenvalue weighted by molar-refractivity contribution is 7.54. The zero-order valence-corrected chi connectivity index (χ0v) is 18.9. The van der Waals surface area contributed by atoms with Gasteiger partial charge in [0.1, 0.15) is 5.82 Å². The normalized spacial score (nSPS) is 13.5. The molecule has 0 amide bonds. The van der Waals surface area contributed by atoms with E-state index >= 15 is 0 Å². The van der Waals surface area contributed by atoms with E-state index in [2.05, 4.69) is 0 Å². The number of fused-ring (bicyclic) bond motifs is 1. The largest absolute Gasteiger partial charge is 0.339 e. The molecule has 3 nitrogen and oxygen atoms in total. The fraction of sp³-hybridized carbons (Fsp3) is 0.364. The van der Waals surface area contributed by atoms with Crippen LogP contribution in [0.25, 0.3) is 10.1 Å². The Morgan fingerprint density at radius 2 is 1.57 bits per heavy atom. The molecule has 162 valence electrons. The molecule has 1 aromatic heterocycles. The van der Waals surface area contributed by atoms with E-state index in [-0.39, 0.29) is 12.2 Å². The van der Waals surface area contributed by atoms with E-state index in [0.717, 1.165) is 12.1 Å². The molecule has 1 unspecified atom stereocenters. The van der Waals surface area contributed by atoms with Gasteiger partial charge in [-0.1, -0.05) is 12.1 Å². The van der Waals surface area contributed by atoms with Crippen LogP contribution in [-0.2, 0) is 20.0 Å². The Kier molecular flexibility index (Phi) is 7.08. The molecular formula is C22H24F3O3PS. The average molecular weight is 456 g/mol. The van der Waals surface area contributed by atoms with E-state index in [0.29, 0.717) is 20.5 Å². The molecule has 0 saturated carbocycles. The van der Waals surface area contributed by atoms with Gasteiger partial charge in [0.15, 0.2) is 11.6 Å². The number of hydrogen-bond donors (Lipinski definition) is 0. The van der Waals surface area contributed by atoms with Gasteiger partial charge < -0.3 is 9.05 Å². The molecule has 0 saturated heterocycles. The summed E-state index contributed by atoms with van der Waals surface area (Å²) in [6.45, 7) is 6.98. The minimum absolute atomic E-state index is 0.0857. The standard InChI is InChI=1S/C22H24F3O3PS/c1-13(2)27-29(26,28-14(3)4)20(11-15-8-9-18(24)19(25)10-15)22-12-16-17(23)6-5-7-21(16)30-22/h5-10,12-14,20H,11H2,1-4H3. The van der Waals surface area contributed by atoms with E-state index in [1.807, 2.05) is 0 Å². The van der Waals surface area contributed by atoms with Crippen molar-refractivity contribution in [3.63, 3.8) is 0 Å². The van der Waals surface area contributed by atoms with E-state index in [1.165, 1.54) is 23.5 Å². The molecule has 0 aliphatic carbocycles. The molecule has 0 fully saturated rings. The molecular weight excluding hydrogens is 432 g/mol. The number of hydrogen-bond acceptors (Lipinski definition) is 4. The van der Waals surface area contributed by atoms with Crippen molar-refractivity contribution < 1.29 is 26.8 Å². The summed E-state index contributed by atoms with van der Waals surface area (Å²) in [7, 11) is -3.75. The van der Waals surface area contributed by atoms with Crippen LogP contribution in [-0.4, -0.2) is 12.2 Å². The van der Waals surface area contributed by atoms with Crippen molar-refractivity contribution >= 4 is 29.0 Å². The summed E-state index contributed by atoms with van der Waals surface area (Å²) < 4.78 is 67.7. The first kappa shape index (κ1) is 23.0. The summed E-state index contributed by atoms with van der Waals surface area (Å²) >= 11 is 1.29. The van der Waals surface area contributed by atoms with Crippen molar-refractivity contribution in [2.24, 2.45) is 0 Å². The fourth-order valence-corrected chi connectivity index (χ4v) is 7.17. The van der Waals surface area contributed by atoms with E-state index < -0.39 is 37.1 Å². The topological polar surface area (TPSA) is 35.5 Å². The van der Waals surface area contributed by atoms with Crippen LogP contribution in [0.5, 0.6) is 0 Å². The smallest absolute Gasteiger partial charge is 0.305 e. The first-order valence-electron chi connectivity index (χ1n) is 9.67. The Bertz CT molecular complexity index is 1070. The second-order valence-electron chi connectivity index (χ2n) is 7.62. The zero-order valence-electron chi connectivity index (χ0n) is 17.2. The lowest BCUT2D eigenvalue weighted by molar-refractivity contribution is 0.136.